The van der Waals surface area contributed by atoms with Crippen molar-refractivity contribution < 1.29 is 14.5 Å². The van der Waals surface area contributed by atoms with Gasteiger partial charge in [0.2, 0.25) is 5.69 Å². The smallest absolute Gasteiger partial charge is 0.322 e. The van der Waals surface area contributed by atoms with Gasteiger partial charge in [-0.05, 0) is 36.2 Å². The van der Waals surface area contributed by atoms with Crippen molar-refractivity contribution in [1.82, 2.24) is 9.78 Å². The van der Waals surface area contributed by atoms with E-state index in [-0.39, 0.29) is 17.1 Å². The van der Waals surface area contributed by atoms with Crippen LogP contribution in [0.2, 0.25) is 0 Å². The molecule has 0 aliphatic carbocycles. The summed E-state index contributed by atoms with van der Waals surface area (Å²) in [6.45, 7) is 1.82. The van der Waals surface area contributed by atoms with Crippen molar-refractivity contribution in [3.8, 4) is 5.75 Å². The number of ether oxygens (including phenoxy) is 1. The lowest BCUT2D eigenvalue weighted by molar-refractivity contribution is -0.385. The zero-order valence-electron chi connectivity index (χ0n) is 11.4. The Morgan fingerprint density at radius 3 is 2.48 bits per heavy atom. The summed E-state index contributed by atoms with van der Waals surface area (Å²) in [7, 11) is 1.56. The van der Waals surface area contributed by atoms with E-state index in [1.807, 2.05) is 12.1 Å². The molecule has 0 aliphatic heterocycles. The summed E-state index contributed by atoms with van der Waals surface area (Å²) in [5.74, 6) is 0.707. The quantitative estimate of drug-likeness (QED) is 0.481. The van der Waals surface area contributed by atoms with Gasteiger partial charge in [-0.25, -0.2) is 0 Å². The molecule has 0 aliphatic rings. The molecule has 8 heteroatoms. The number of carbonyl (C=O) groups excluding carboxylic acids is 1. The number of aromatic nitrogens is 2. The number of methoxy groups -OCH3 is 1. The first kappa shape index (κ1) is 15.0. The molecule has 21 heavy (non-hydrogen) atoms. The van der Waals surface area contributed by atoms with Gasteiger partial charge >= 0.3 is 5.69 Å². The van der Waals surface area contributed by atoms with E-state index in [1.54, 1.807) is 19.2 Å². The SMILES string of the molecule is COc1ccc(Cn2nc(C(=O)Cl)c([N+](=O)[O-])c2C)cc1. The minimum absolute atomic E-state index is 0.278. The van der Waals surface area contributed by atoms with Crippen molar-refractivity contribution in [3.05, 3.63) is 51.3 Å². The van der Waals surface area contributed by atoms with E-state index in [4.69, 9.17) is 16.3 Å². The maximum atomic E-state index is 11.2. The largest absolute Gasteiger partial charge is 0.497 e. The molecule has 0 unspecified atom stereocenters. The molecule has 1 aromatic carbocycles. The summed E-state index contributed by atoms with van der Waals surface area (Å²) in [6, 6.07) is 7.17. The van der Waals surface area contributed by atoms with E-state index in [0.717, 1.165) is 5.56 Å². The molecule has 0 amide bonds. The lowest BCUT2D eigenvalue weighted by atomic mass is 10.2. The van der Waals surface area contributed by atoms with Crippen LogP contribution in [0.3, 0.4) is 0 Å². The maximum Gasteiger partial charge on any atom is 0.322 e. The van der Waals surface area contributed by atoms with Gasteiger partial charge in [0.15, 0.2) is 0 Å². The molecule has 0 saturated heterocycles. The molecule has 0 spiro atoms. The normalized spacial score (nSPS) is 10.4. The van der Waals surface area contributed by atoms with Gasteiger partial charge in [-0.1, -0.05) is 12.1 Å². The zero-order chi connectivity index (χ0) is 15.6. The Morgan fingerprint density at radius 2 is 2.05 bits per heavy atom. The molecule has 7 nitrogen and oxygen atoms in total. The van der Waals surface area contributed by atoms with Crippen LogP contribution in [0.5, 0.6) is 5.75 Å². The van der Waals surface area contributed by atoms with Crippen LogP contribution in [0.4, 0.5) is 5.69 Å². The van der Waals surface area contributed by atoms with E-state index in [0.29, 0.717) is 12.3 Å². The third kappa shape index (κ3) is 3.03. The Kier molecular flexibility index (Phi) is 4.23. The van der Waals surface area contributed by atoms with Gasteiger partial charge in [-0.15, -0.1) is 0 Å². The summed E-state index contributed by atoms with van der Waals surface area (Å²) in [5, 5.41) is 14.0. The van der Waals surface area contributed by atoms with Gasteiger partial charge in [-0.3, -0.25) is 19.6 Å². The fourth-order valence-corrected chi connectivity index (χ4v) is 2.07. The Balaban J connectivity index is 2.37. The van der Waals surface area contributed by atoms with Crippen molar-refractivity contribution in [2.75, 3.05) is 7.11 Å². The van der Waals surface area contributed by atoms with Gasteiger partial charge in [0.25, 0.3) is 5.24 Å². The number of carbonyl (C=O) groups is 1. The molecule has 2 rings (SSSR count). The molecule has 110 valence electrons. The molecule has 0 N–H and O–H groups in total. The fourth-order valence-electron chi connectivity index (χ4n) is 1.95. The van der Waals surface area contributed by atoms with Crippen LogP contribution < -0.4 is 4.74 Å². The average molecular weight is 310 g/mol. The average Bonchev–Trinajstić information content (AvgIpc) is 2.77. The van der Waals surface area contributed by atoms with E-state index in [1.165, 1.54) is 11.6 Å². The fraction of sp³-hybridized carbons (Fsp3) is 0.231. The van der Waals surface area contributed by atoms with Crippen molar-refractivity contribution in [3.63, 3.8) is 0 Å². The van der Waals surface area contributed by atoms with Crippen molar-refractivity contribution in [2.45, 2.75) is 13.5 Å². The van der Waals surface area contributed by atoms with Crippen LogP contribution in [0.1, 0.15) is 21.7 Å². The summed E-state index contributed by atoms with van der Waals surface area (Å²) in [6.07, 6.45) is 0. The Bertz CT molecular complexity index is 694. The number of benzene rings is 1. The van der Waals surface area contributed by atoms with E-state index in [9.17, 15) is 14.9 Å². The first-order valence-corrected chi connectivity index (χ1v) is 6.36. The molecule has 1 heterocycles. The van der Waals surface area contributed by atoms with Crippen LogP contribution in [0.15, 0.2) is 24.3 Å². The molecule has 0 fully saturated rings. The van der Waals surface area contributed by atoms with E-state index in [2.05, 4.69) is 5.10 Å². The molecule has 0 saturated carbocycles. The summed E-state index contributed by atoms with van der Waals surface area (Å²) in [5.41, 5.74) is 0.445. The third-order valence-corrected chi connectivity index (χ3v) is 3.21. The van der Waals surface area contributed by atoms with Gasteiger partial charge in [0.1, 0.15) is 11.4 Å². The van der Waals surface area contributed by atoms with Crippen LogP contribution in [-0.2, 0) is 6.54 Å². The zero-order valence-corrected chi connectivity index (χ0v) is 12.1. The standard InChI is InChI=1S/C13H12ClN3O4/c1-8-12(17(19)20)11(13(14)18)15-16(8)7-9-3-5-10(21-2)6-4-9/h3-6H,7H2,1-2H3. The molecular formula is C13H12ClN3O4. The lowest BCUT2D eigenvalue weighted by Crippen LogP contribution is -2.04. The molecule has 2 aromatic rings. The summed E-state index contributed by atoms with van der Waals surface area (Å²) >= 11 is 5.34. The van der Waals surface area contributed by atoms with E-state index < -0.39 is 10.2 Å². The second kappa shape index (κ2) is 5.92. The minimum atomic E-state index is -0.946. The van der Waals surface area contributed by atoms with Gasteiger partial charge < -0.3 is 4.74 Å². The Hall–Kier alpha value is -2.41. The monoisotopic (exact) mass is 309 g/mol. The van der Waals surface area contributed by atoms with Crippen LogP contribution in [-0.4, -0.2) is 27.1 Å². The number of nitro groups is 1. The second-order valence-corrected chi connectivity index (χ2v) is 4.66. The molecular weight excluding hydrogens is 298 g/mol. The lowest BCUT2D eigenvalue weighted by Gasteiger charge is -2.05. The van der Waals surface area contributed by atoms with Crippen LogP contribution >= 0.6 is 11.6 Å². The highest BCUT2D eigenvalue weighted by molar-refractivity contribution is 6.67. The van der Waals surface area contributed by atoms with Crippen LogP contribution in [0, 0.1) is 17.0 Å². The Morgan fingerprint density at radius 1 is 1.43 bits per heavy atom. The predicted octanol–water partition coefficient (Wildman–Crippen LogP) is 2.54. The van der Waals surface area contributed by atoms with E-state index >= 15 is 0 Å². The highest BCUT2D eigenvalue weighted by Gasteiger charge is 2.28. The topological polar surface area (TPSA) is 87.3 Å². The highest BCUT2D eigenvalue weighted by Crippen LogP contribution is 2.25. The minimum Gasteiger partial charge on any atom is -0.497 e. The van der Waals surface area contributed by atoms with Crippen molar-refractivity contribution >= 4 is 22.5 Å². The maximum absolute atomic E-state index is 11.2. The number of hydrogen-bond donors (Lipinski definition) is 0. The van der Waals surface area contributed by atoms with Gasteiger partial charge in [-0.2, -0.15) is 5.10 Å². The second-order valence-electron chi connectivity index (χ2n) is 4.32. The third-order valence-electron chi connectivity index (χ3n) is 3.04. The molecule has 0 atom stereocenters. The summed E-state index contributed by atoms with van der Waals surface area (Å²) < 4.78 is 6.44. The van der Waals surface area contributed by atoms with Gasteiger partial charge in [0, 0.05) is 0 Å². The Labute approximate surface area is 125 Å². The number of rotatable bonds is 5. The van der Waals surface area contributed by atoms with Gasteiger partial charge in [0.05, 0.1) is 18.6 Å². The highest BCUT2D eigenvalue weighted by atomic mass is 35.5. The number of nitrogens with zero attached hydrogens (tertiary/aromatic N) is 3. The first-order valence-electron chi connectivity index (χ1n) is 5.98. The predicted molar refractivity (Wildman–Crippen MR) is 75.9 cm³/mol. The van der Waals surface area contributed by atoms with Crippen molar-refractivity contribution in [2.24, 2.45) is 0 Å². The number of hydrogen-bond acceptors (Lipinski definition) is 5. The first-order chi connectivity index (χ1) is 9.93. The molecule has 0 bridgehead atoms. The van der Waals surface area contributed by atoms with Crippen molar-refractivity contribution in [1.29, 1.82) is 0 Å². The number of halogens is 1. The van der Waals surface area contributed by atoms with Crippen LogP contribution in [0.25, 0.3) is 0 Å². The summed E-state index contributed by atoms with van der Waals surface area (Å²) in [4.78, 5) is 21.6. The molecule has 0 radical (unpaired) electrons. The molecule has 1 aromatic heterocycles.